The van der Waals surface area contributed by atoms with E-state index < -0.39 is 0 Å². The van der Waals surface area contributed by atoms with Crippen LogP contribution in [-0.4, -0.2) is 24.5 Å². The molecule has 0 N–H and O–H groups in total. The SMILES string of the molecule is C=C(C)CCCN1CCCCCC1. The molecule has 1 aliphatic heterocycles. The summed E-state index contributed by atoms with van der Waals surface area (Å²) in [4.78, 5) is 2.62. The monoisotopic (exact) mass is 181 g/mol. The van der Waals surface area contributed by atoms with E-state index in [1.165, 1.54) is 63.7 Å². The summed E-state index contributed by atoms with van der Waals surface area (Å²) in [6.07, 6.45) is 8.21. The lowest BCUT2D eigenvalue weighted by Crippen LogP contribution is -2.25. The molecule has 0 aromatic carbocycles. The van der Waals surface area contributed by atoms with E-state index in [-0.39, 0.29) is 0 Å². The van der Waals surface area contributed by atoms with E-state index in [9.17, 15) is 0 Å². The number of nitrogens with zero attached hydrogens (tertiary/aromatic N) is 1. The van der Waals surface area contributed by atoms with Crippen molar-refractivity contribution in [2.75, 3.05) is 19.6 Å². The Kier molecular flexibility index (Phi) is 5.14. The van der Waals surface area contributed by atoms with Crippen molar-refractivity contribution in [3.8, 4) is 0 Å². The molecule has 1 nitrogen and oxygen atoms in total. The summed E-state index contributed by atoms with van der Waals surface area (Å²) < 4.78 is 0. The van der Waals surface area contributed by atoms with Crippen LogP contribution in [0.3, 0.4) is 0 Å². The number of allylic oxidation sites excluding steroid dienone is 1. The van der Waals surface area contributed by atoms with Crippen molar-refractivity contribution >= 4 is 0 Å². The molecule has 1 heteroatoms. The fourth-order valence-corrected chi connectivity index (χ4v) is 1.96. The molecule has 0 amide bonds. The highest BCUT2D eigenvalue weighted by molar-refractivity contribution is 4.87. The molecule has 0 saturated carbocycles. The Labute approximate surface area is 82.8 Å². The minimum atomic E-state index is 1.20. The second-order valence-corrected chi connectivity index (χ2v) is 4.32. The zero-order valence-electron chi connectivity index (χ0n) is 9.02. The summed E-state index contributed by atoms with van der Waals surface area (Å²) in [7, 11) is 0. The summed E-state index contributed by atoms with van der Waals surface area (Å²) in [5, 5.41) is 0. The molecule has 0 bridgehead atoms. The Morgan fingerprint density at radius 1 is 1.15 bits per heavy atom. The van der Waals surface area contributed by atoms with Gasteiger partial charge >= 0.3 is 0 Å². The van der Waals surface area contributed by atoms with Crippen molar-refractivity contribution in [3.05, 3.63) is 12.2 Å². The van der Waals surface area contributed by atoms with Gasteiger partial charge < -0.3 is 4.90 Å². The van der Waals surface area contributed by atoms with Crippen LogP contribution in [0, 0.1) is 0 Å². The smallest absolute Gasteiger partial charge is 0.00157 e. The van der Waals surface area contributed by atoms with Crippen molar-refractivity contribution in [2.45, 2.75) is 45.4 Å². The van der Waals surface area contributed by atoms with Crippen LogP contribution in [0.4, 0.5) is 0 Å². The van der Waals surface area contributed by atoms with Gasteiger partial charge in [-0.15, -0.1) is 6.58 Å². The van der Waals surface area contributed by atoms with Crippen molar-refractivity contribution in [2.24, 2.45) is 0 Å². The van der Waals surface area contributed by atoms with Crippen molar-refractivity contribution in [1.82, 2.24) is 4.90 Å². The molecular weight excluding hydrogens is 158 g/mol. The summed E-state index contributed by atoms with van der Waals surface area (Å²) >= 11 is 0. The lowest BCUT2D eigenvalue weighted by atomic mass is 10.2. The predicted molar refractivity (Wildman–Crippen MR) is 59.0 cm³/mol. The quantitative estimate of drug-likeness (QED) is 0.602. The third-order valence-electron chi connectivity index (χ3n) is 2.78. The minimum Gasteiger partial charge on any atom is -0.303 e. The molecule has 1 aliphatic rings. The third-order valence-corrected chi connectivity index (χ3v) is 2.78. The van der Waals surface area contributed by atoms with Crippen LogP contribution >= 0.6 is 0 Å². The molecule has 1 fully saturated rings. The fourth-order valence-electron chi connectivity index (χ4n) is 1.96. The Morgan fingerprint density at radius 2 is 1.77 bits per heavy atom. The first-order valence-electron chi connectivity index (χ1n) is 5.66. The van der Waals surface area contributed by atoms with Crippen molar-refractivity contribution < 1.29 is 0 Å². The van der Waals surface area contributed by atoms with E-state index in [4.69, 9.17) is 0 Å². The molecule has 0 radical (unpaired) electrons. The highest BCUT2D eigenvalue weighted by atomic mass is 15.1. The average Bonchev–Trinajstić information content (AvgIpc) is 2.32. The fraction of sp³-hybridized carbons (Fsp3) is 0.833. The topological polar surface area (TPSA) is 3.24 Å². The molecule has 0 aliphatic carbocycles. The molecule has 0 aromatic rings. The molecule has 0 atom stereocenters. The number of hydrogen-bond acceptors (Lipinski definition) is 1. The lowest BCUT2D eigenvalue weighted by Gasteiger charge is -2.19. The van der Waals surface area contributed by atoms with Crippen LogP contribution in [0.5, 0.6) is 0 Å². The van der Waals surface area contributed by atoms with E-state index in [1.807, 2.05) is 0 Å². The molecule has 1 saturated heterocycles. The van der Waals surface area contributed by atoms with Crippen LogP contribution in [0.15, 0.2) is 12.2 Å². The van der Waals surface area contributed by atoms with E-state index in [0.29, 0.717) is 0 Å². The maximum atomic E-state index is 3.94. The van der Waals surface area contributed by atoms with E-state index >= 15 is 0 Å². The van der Waals surface area contributed by atoms with Gasteiger partial charge in [-0.3, -0.25) is 0 Å². The van der Waals surface area contributed by atoms with Crippen LogP contribution in [0.1, 0.15) is 45.4 Å². The normalized spacial score (nSPS) is 19.8. The Balaban J connectivity index is 2.08. The van der Waals surface area contributed by atoms with Gasteiger partial charge in [-0.25, -0.2) is 0 Å². The van der Waals surface area contributed by atoms with Gasteiger partial charge in [0.25, 0.3) is 0 Å². The molecule has 0 unspecified atom stereocenters. The van der Waals surface area contributed by atoms with Gasteiger partial charge in [-0.1, -0.05) is 18.4 Å². The van der Waals surface area contributed by atoms with Gasteiger partial charge in [-0.2, -0.15) is 0 Å². The number of rotatable bonds is 4. The van der Waals surface area contributed by atoms with Gasteiger partial charge in [-0.05, 0) is 52.2 Å². The summed E-state index contributed by atoms with van der Waals surface area (Å²) in [5.41, 5.74) is 1.33. The molecule has 76 valence electrons. The molecule has 1 heterocycles. The van der Waals surface area contributed by atoms with Crippen LogP contribution in [0.25, 0.3) is 0 Å². The number of hydrogen-bond donors (Lipinski definition) is 0. The Morgan fingerprint density at radius 3 is 2.31 bits per heavy atom. The molecule has 0 spiro atoms. The molecule has 13 heavy (non-hydrogen) atoms. The van der Waals surface area contributed by atoms with Crippen molar-refractivity contribution in [3.63, 3.8) is 0 Å². The molecule has 0 aromatic heterocycles. The summed E-state index contributed by atoms with van der Waals surface area (Å²) in [5.74, 6) is 0. The first-order chi connectivity index (χ1) is 6.29. The van der Waals surface area contributed by atoms with E-state index in [0.717, 1.165) is 0 Å². The third kappa shape index (κ3) is 5.09. The average molecular weight is 181 g/mol. The number of likely N-dealkylation sites (tertiary alicyclic amines) is 1. The van der Waals surface area contributed by atoms with Gasteiger partial charge in [0.15, 0.2) is 0 Å². The van der Waals surface area contributed by atoms with Crippen LogP contribution in [-0.2, 0) is 0 Å². The standard InChI is InChI=1S/C12H23N/c1-12(2)8-7-11-13-9-5-3-4-6-10-13/h1,3-11H2,2H3. The van der Waals surface area contributed by atoms with Crippen molar-refractivity contribution in [1.29, 1.82) is 0 Å². The second-order valence-electron chi connectivity index (χ2n) is 4.32. The van der Waals surface area contributed by atoms with Crippen LogP contribution in [0.2, 0.25) is 0 Å². The molecular formula is C12H23N. The largest absolute Gasteiger partial charge is 0.303 e. The van der Waals surface area contributed by atoms with Gasteiger partial charge in [0.2, 0.25) is 0 Å². The maximum Gasteiger partial charge on any atom is -0.00157 e. The lowest BCUT2D eigenvalue weighted by molar-refractivity contribution is 0.281. The van der Waals surface area contributed by atoms with Crippen LogP contribution < -0.4 is 0 Å². The second kappa shape index (κ2) is 6.20. The minimum absolute atomic E-state index is 1.20. The highest BCUT2D eigenvalue weighted by Crippen LogP contribution is 2.11. The van der Waals surface area contributed by atoms with Gasteiger partial charge in [0.05, 0.1) is 0 Å². The van der Waals surface area contributed by atoms with E-state index in [2.05, 4.69) is 18.4 Å². The first kappa shape index (κ1) is 10.8. The van der Waals surface area contributed by atoms with Gasteiger partial charge in [0, 0.05) is 0 Å². The Bertz CT molecular complexity index is 143. The predicted octanol–water partition coefficient (Wildman–Crippen LogP) is 3.22. The summed E-state index contributed by atoms with van der Waals surface area (Å²) in [6, 6.07) is 0. The maximum absolute atomic E-state index is 3.94. The van der Waals surface area contributed by atoms with E-state index in [1.54, 1.807) is 0 Å². The zero-order chi connectivity index (χ0) is 9.52. The summed E-state index contributed by atoms with van der Waals surface area (Å²) in [6.45, 7) is 10.0. The zero-order valence-corrected chi connectivity index (χ0v) is 9.02. The van der Waals surface area contributed by atoms with Gasteiger partial charge in [0.1, 0.15) is 0 Å². The molecule has 1 rings (SSSR count). The Hall–Kier alpha value is -0.300. The first-order valence-corrected chi connectivity index (χ1v) is 5.66. The highest BCUT2D eigenvalue weighted by Gasteiger charge is 2.07.